The van der Waals surface area contributed by atoms with E-state index in [1.54, 1.807) is 51.5 Å². The lowest BCUT2D eigenvalue weighted by atomic mass is 9.99. The van der Waals surface area contributed by atoms with E-state index >= 15 is 0 Å². The molecule has 7 nitrogen and oxygen atoms in total. The first-order valence-electron chi connectivity index (χ1n) is 14.2. The van der Waals surface area contributed by atoms with Crippen LogP contribution in [0.3, 0.4) is 0 Å². The van der Waals surface area contributed by atoms with Crippen LogP contribution in [0, 0.1) is 5.92 Å². The number of ether oxygens (including phenoxy) is 3. The molecular weight excluding hydrogens is 504 g/mol. The third-order valence-corrected chi connectivity index (χ3v) is 7.84. The van der Waals surface area contributed by atoms with Crippen molar-refractivity contribution in [3.63, 3.8) is 0 Å². The minimum atomic E-state index is -0.405. The summed E-state index contributed by atoms with van der Waals surface area (Å²) in [7, 11) is 3.14. The Morgan fingerprint density at radius 1 is 0.900 bits per heavy atom. The van der Waals surface area contributed by atoms with Crippen LogP contribution in [0.2, 0.25) is 0 Å². The predicted molar refractivity (Wildman–Crippen MR) is 156 cm³/mol. The van der Waals surface area contributed by atoms with Crippen molar-refractivity contribution in [2.75, 3.05) is 45.4 Å². The Kier molecular flexibility index (Phi) is 8.70. The van der Waals surface area contributed by atoms with Gasteiger partial charge in [-0.25, -0.2) is 4.79 Å². The summed E-state index contributed by atoms with van der Waals surface area (Å²) < 4.78 is 16.3. The van der Waals surface area contributed by atoms with Crippen LogP contribution in [0.5, 0.6) is 11.5 Å². The number of rotatable bonds is 11. The lowest BCUT2D eigenvalue weighted by Crippen LogP contribution is -2.44. The highest BCUT2D eigenvalue weighted by molar-refractivity contribution is 6.09. The standard InChI is InChI=1S/C33H38N2O5/c1-4-40-33(37)26-14-16-28(24-9-6-5-7-10-24)29(19-26)35(22-27-11-8-18-34(27)21-23-12-13-23)32(36)25-15-17-30(38-2)31(20-25)39-3/h5-7,9-10,14-17,19-20,23,27H,4,8,11-13,18,21-22H2,1-3H3. The largest absolute Gasteiger partial charge is 0.493 e. The number of carbonyl (C=O) groups is 2. The smallest absolute Gasteiger partial charge is 0.338 e. The van der Waals surface area contributed by atoms with Crippen LogP contribution in [0.25, 0.3) is 11.1 Å². The molecule has 40 heavy (non-hydrogen) atoms. The molecule has 3 aromatic carbocycles. The Bertz CT molecular complexity index is 1340. The van der Waals surface area contributed by atoms with Crippen LogP contribution in [-0.2, 0) is 4.74 Å². The van der Waals surface area contributed by atoms with Crippen molar-refractivity contribution in [1.82, 2.24) is 4.90 Å². The summed E-state index contributed by atoms with van der Waals surface area (Å²) in [6, 6.07) is 21.0. The molecule has 5 rings (SSSR count). The molecule has 1 aliphatic carbocycles. The Morgan fingerprint density at radius 2 is 1.65 bits per heavy atom. The maximum Gasteiger partial charge on any atom is 0.338 e. The molecule has 1 aliphatic heterocycles. The van der Waals surface area contributed by atoms with Crippen LogP contribution in [0.1, 0.15) is 53.3 Å². The Labute approximate surface area is 236 Å². The molecule has 3 aromatic rings. The topological polar surface area (TPSA) is 68.3 Å². The molecule has 0 bridgehead atoms. The Balaban J connectivity index is 1.61. The zero-order valence-electron chi connectivity index (χ0n) is 23.6. The van der Waals surface area contributed by atoms with Gasteiger partial charge in [-0.3, -0.25) is 9.69 Å². The number of benzene rings is 3. The van der Waals surface area contributed by atoms with Gasteiger partial charge in [-0.2, -0.15) is 0 Å². The number of amides is 1. The predicted octanol–water partition coefficient (Wildman–Crippen LogP) is 6.07. The van der Waals surface area contributed by atoms with Gasteiger partial charge >= 0.3 is 5.97 Å². The summed E-state index contributed by atoms with van der Waals surface area (Å²) in [5, 5.41) is 0. The number of methoxy groups -OCH3 is 2. The van der Waals surface area contributed by atoms with Crippen LogP contribution >= 0.6 is 0 Å². The Morgan fingerprint density at radius 3 is 2.35 bits per heavy atom. The summed E-state index contributed by atoms with van der Waals surface area (Å²) in [4.78, 5) is 31.6. The van der Waals surface area contributed by atoms with E-state index in [2.05, 4.69) is 4.90 Å². The van der Waals surface area contributed by atoms with Crippen LogP contribution < -0.4 is 14.4 Å². The second-order valence-corrected chi connectivity index (χ2v) is 10.5. The average molecular weight is 543 g/mol. The molecule has 0 radical (unpaired) electrons. The zero-order chi connectivity index (χ0) is 28.1. The maximum atomic E-state index is 14.4. The van der Waals surface area contributed by atoms with Crippen molar-refractivity contribution >= 4 is 17.6 Å². The maximum absolute atomic E-state index is 14.4. The highest BCUT2D eigenvalue weighted by Crippen LogP contribution is 2.37. The van der Waals surface area contributed by atoms with Crippen molar-refractivity contribution in [1.29, 1.82) is 0 Å². The SMILES string of the molecule is CCOC(=O)c1ccc(-c2ccccc2)c(N(CC2CCCN2CC2CC2)C(=O)c2ccc(OC)c(OC)c2)c1. The zero-order valence-corrected chi connectivity index (χ0v) is 23.6. The fraction of sp³-hybridized carbons (Fsp3) is 0.394. The van der Waals surface area contributed by atoms with Gasteiger partial charge in [0, 0.05) is 30.3 Å². The van der Waals surface area contributed by atoms with E-state index in [0.717, 1.165) is 43.0 Å². The molecule has 1 heterocycles. The third kappa shape index (κ3) is 6.15. The molecule has 1 unspecified atom stereocenters. The molecule has 1 saturated carbocycles. The quantitative estimate of drug-likeness (QED) is 0.274. The number of carbonyl (C=O) groups excluding carboxylic acids is 2. The van der Waals surface area contributed by atoms with Crippen molar-refractivity contribution in [2.45, 2.75) is 38.6 Å². The number of anilines is 1. The second-order valence-electron chi connectivity index (χ2n) is 10.5. The molecule has 7 heteroatoms. The average Bonchev–Trinajstić information content (AvgIpc) is 3.71. The molecule has 0 N–H and O–H groups in total. The molecule has 1 atom stereocenters. The van der Waals surface area contributed by atoms with E-state index in [0.29, 0.717) is 34.9 Å². The summed E-state index contributed by atoms with van der Waals surface area (Å²) in [5.41, 5.74) is 3.45. The molecule has 1 amide bonds. The minimum absolute atomic E-state index is 0.155. The number of esters is 1. The first kappa shape index (κ1) is 27.7. The summed E-state index contributed by atoms with van der Waals surface area (Å²) >= 11 is 0. The van der Waals surface area contributed by atoms with Crippen molar-refractivity contribution in [3.05, 3.63) is 77.9 Å². The van der Waals surface area contributed by atoms with Gasteiger partial charge in [-0.15, -0.1) is 0 Å². The van der Waals surface area contributed by atoms with Gasteiger partial charge in [-0.1, -0.05) is 36.4 Å². The monoisotopic (exact) mass is 542 g/mol. The van der Waals surface area contributed by atoms with E-state index < -0.39 is 5.97 Å². The van der Waals surface area contributed by atoms with Crippen molar-refractivity contribution in [2.24, 2.45) is 5.92 Å². The number of hydrogen-bond donors (Lipinski definition) is 0. The summed E-state index contributed by atoms with van der Waals surface area (Å²) in [6.07, 6.45) is 4.72. The van der Waals surface area contributed by atoms with Crippen molar-refractivity contribution < 1.29 is 23.8 Å². The second kappa shape index (κ2) is 12.6. The molecule has 2 fully saturated rings. The highest BCUT2D eigenvalue weighted by Gasteiger charge is 2.34. The first-order chi connectivity index (χ1) is 19.5. The normalized spacial score (nSPS) is 16.9. The molecule has 1 saturated heterocycles. The lowest BCUT2D eigenvalue weighted by Gasteiger charge is -2.32. The van der Waals surface area contributed by atoms with Crippen LogP contribution in [0.15, 0.2) is 66.7 Å². The van der Waals surface area contributed by atoms with E-state index in [4.69, 9.17) is 14.2 Å². The summed E-state index contributed by atoms with van der Waals surface area (Å²) in [5.74, 6) is 1.26. The van der Waals surface area contributed by atoms with Gasteiger partial charge in [0.05, 0.1) is 32.1 Å². The van der Waals surface area contributed by atoms with E-state index in [1.807, 2.05) is 41.3 Å². The van der Waals surface area contributed by atoms with Crippen LogP contribution in [0.4, 0.5) is 5.69 Å². The van der Waals surface area contributed by atoms with Gasteiger partial charge in [0.2, 0.25) is 0 Å². The van der Waals surface area contributed by atoms with Gasteiger partial charge in [0.1, 0.15) is 0 Å². The molecule has 0 spiro atoms. The van der Waals surface area contributed by atoms with Crippen molar-refractivity contribution in [3.8, 4) is 22.6 Å². The first-order valence-corrected chi connectivity index (χ1v) is 14.2. The van der Waals surface area contributed by atoms with Gasteiger partial charge in [0.15, 0.2) is 11.5 Å². The number of likely N-dealkylation sites (tertiary alicyclic amines) is 1. The van der Waals surface area contributed by atoms with Crippen LogP contribution in [-0.4, -0.2) is 63.3 Å². The number of hydrogen-bond acceptors (Lipinski definition) is 6. The van der Waals surface area contributed by atoms with Gasteiger partial charge in [0.25, 0.3) is 5.91 Å². The Hall–Kier alpha value is -3.84. The van der Waals surface area contributed by atoms with Gasteiger partial charge < -0.3 is 19.1 Å². The fourth-order valence-electron chi connectivity index (χ4n) is 5.56. The minimum Gasteiger partial charge on any atom is -0.493 e. The lowest BCUT2D eigenvalue weighted by molar-refractivity contribution is 0.0526. The molecule has 210 valence electrons. The number of nitrogens with zero attached hydrogens (tertiary/aromatic N) is 2. The molecule has 0 aromatic heterocycles. The highest BCUT2D eigenvalue weighted by atomic mass is 16.5. The van der Waals surface area contributed by atoms with E-state index in [9.17, 15) is 9.59 Å². The molecular formula is C33H38N2O5. The molecule has 2 aliphatic rings. The fourth-order valence-corrected chi connectivity index (χ4v) is 5.56. The van der Waals surface area contributed by atoms with E-state index in [1.165, 1.54) is 12.8 Å². The van der Waals surface area contributed by atoms with Gasteiger partial charge in [-0.05, 0) is 81.0 Å². The third-order valence-electron chi connectivity index (χ3n) is 7.84. The van der Waals surface area contributed by atoms with E-state index in [-0.39, 0.29) is 18.6 Å². The summed E-state index contributed by atoms with van der Waals surface area (Å²) in [6.45, 7) is 4.72.